The summed E-state index contributed by atoms with van der Waals surface area (Å²) >= 11 is 0. The zero-order chi connectivity index (χ0) is 20.4. The maximum atomic E-state index is 14.6. The Bertz CT molecular complexity index is 1060. The first-order chi connectivity index (χ1) is 14.0. The number of carbonyl (C=O) groups excluding carboxylic acids is 1. The van der Waals surface area contributed by atoms with Crippen molar-refractivity contribution < 1.29 is 9.18 Å². The number of aromatic nitrogens is 2. The molecule has 1 aromatic carbocycles. The van der Waals surface area contributed by atoms with Gasteiger partial charge in [0.25, 0.3) is 5.91 Å². The number of benzene rings is 1. The Labute approximate surface area is 167 Å². The number of hydrogen-bond acceptors (Lipinski definition) is 6. The lowest BCUT2D eigenvalue weighted by Gasteiger charge is -2.30. The Balaban J connectivity index is 1.67. The highest BCUT2D eigenvalue weighted by atomic mass is 19.1. The second-order valence-electron chi connectivity index (χ2n) is 7.34. The molecule has 150 valence electrons. The van der Waals surface area contributed by atoms with Crippen molar-refractivity contribution in [1.29, 1.82) is 0 Å². The molecule has 0 bridgehead atoms. The SMILES string of the molecule is NC(=O)c1cc(F)c(N[C@@H]2CCCCC2N)nc1Nc1ccc2ccncc2c1. The molecule has 4 rings (SSSR count). The average Bonchev–Trinajstić information content (AvgIpc) is 2.71. The summed E-state index contributed by atoms with van der Waals surface area (Å²) in [7, 11) is 0. The predicted molar refractivity (Wildman–Crippen MR) is 112 cm³/mol. The van der Waals surface area contributed by atoms with Crippen LogP contribution in [0.2, 0.25) is 0 Å². The molecule has 3 aromatic rings. The summed E-state index contributed by atoms with van der Waals surface area (Å²) in [5.74, 6) is -1.15. The second kappa shape index (κ2) is 8.00. The van der Waals surface area contributed by atoms with Crippen LogP contribution in [-0.2, 0) is 0 Å². The average molecular weight is 394 g/mol. The van der Waals surface area contributed by atoms with E-state index in [1.54, 1.807) is 12.4 Å². The summed E-state index contributed by atoms with van der Waals surface area (Å²) in [5, 5.41) is 8.14. The highest BCUT2D eigenvalue weighted by Gasteiger charge is 2.24. The molecule has 2 aromatic heterocycles. The van der Waals surface area contributed by atoms with Gasteiger partial charge in [-0.1, -0.05) is 18.9 Å². The van der Waals surface area contributed by atoms with Gasteiger partial charge in [-0.15, -0.1) is 0 Å². The molecule has 0 aliphatic heterocycles. The summed E-state index contributed by atoms with van der Waals surface area (Å²) in [6.45, 7) is 0. The van der Waals surface area contributed by atoms with Crippen LogP contribution in [0.3, 0.4) is 0 Å². The molecule has 0 radical (unpaired) electrons. The molecule has 1 aliphatic rings. The molecule has 7 nitrogen and oxygen atoms in total. The van der Waals surface area contributed by atoms with Crippen molar-refractivity contribution in [3.63, 3.8) is 0 Å². The quantitative estimate of drug-likeness (QED) is 0.527. The summed E-state index contributed by atoms with van der Waals surface area (Å²) in [5.41, 5.74) is 12.3. The number of nitrogens with one attached hydrogen (secondary N) is 2. The number of primary amides is 1. The summed E-state index contributed by atoms with van der Waals surface area (Å²) in [4.78, 5) is 20.3. The fraction of sp³-hybridized carbons (Fsp3) is 0.286. The van der Waals surface area contributed by atoms with Gasteiger partial charge in [-0.2, -0.15) is 0 Å². The first-order valence-corrected chi connectivity index (χ1v) is 9.64. The second-order valence-corrected chi connectivity index (χ2v) is 7.34. The number of nitrogens with zero attached hydrogens (tertiary/aromatic N) is 2. The molecule has 1 aliphatic carbocycles. The number of fused-ring (bicyclic) bond motifs is 1. The van der Waals surface area contributed by atoms with E-state index in [0.29, 0.717) is 5.69 Å². The summed E-state index contributed by atoms with van der Waals surface area (Å²) in [6.07, 6.45) is 7.29. The van der Waals surface area contributed by atoms with Crippen LogP contribution in [0, 0.1) is 5.82 Å². The van der Waals surface area contributed by atoms with Gasteiger partial charge >= 0.3 is 0 Å². The van der Waals surface area contributed by atoms with Crippen LogP contribution in [-0.4, -0.2) is 28.0 Å². The zero-order valence-electron chi connectivity index (χ0n) is 15.9. The van der Waals surface area contributed by atoms with Gasteiger partial charge in [0, 0.05) is 35.6 Å². The fourth-order valence-corrected chi connectivity index (χ4v) is 3.69. The molecule has 2 atom stereocenters. The van der Waals surface area contributed by atoms with Crippen molar-refractivity contribution in [2.45, 2.75) is 37.8 Å². The molecule has 1 saturated carbocycles. The van der Waals surface area contributed by atoms with Crippen LogP contribution in [0.5, 0.6) is 0 Å². The number of anilines is 3. The Morgan fingerprint density at radius 1 is 1.10 bits per heavy atom. The predicted octanol–water partition coefficient (Wildman–Crippen LogP) is 3.29. The van der Waals surface area contributed by atoms with Gasteiger partial charge in [0.15, 0.2) is 11.6 Å². The number of rotatable bonds is 5. The molecular weight excluding hydrogens is 371 g/mol. The Hall–Kier alpha value is -3.26. The van der Waals surface area contributed by atoms with E-state index in [2.05, 4.69) is 20.6 Å². The van der Waals surface area contributed by atoms with Crippen LogP contribution in [0.15, 0.2) is 42.7 Å². The maximum Gasteiger partial charge on any atom is 0.252 e. The Morgan fingerprint density at radius 2 is 1.93 bits per heavy atom. The van der Waals surface area contributed by atoms with Gasteiger partial charge in [-0.05, 0) is 42.5 Å². The minimum Gasteiger partial charge on any atom is -0.365 e. The number of amides is 1. The molecule has 8 heteroatoms. The number of pyridine rings is 2. The minimum atomic E-state index is -0.762. The van der Waals surface area contributed by atoms with Crippen molar-refractivity contribution in [2.75, 3.05) is 10.6 Å². The number of nitrogens with two attached hydrogens (primary N) is 2. The minimum absolute atomic E-state index is 0.0210. The van der Waals surface area contributed by atoms with E-state index in [9.17, 15) is 9.18 Å². The normalized spacial score (nSPS) is 19.1. The van der Waals surface area contributed by atoms with Gasteiger partial charge in [-0.3, -0.25) is 9.78 Å². The van der Waals surface area contributed by atoms with Gasteiger partial charge in [0.1, 0.15) is 5.82 Å². The third kappa shape index (κ3) is 4.12. The Kier molecular flexibility index (Phi) is 5.26. The lowest BCUT2D eigenvalue weighted by Crippen LogP contribution is -2.43. The first kappa shape index (κ1) is 19.1. The first-order valence-electron chi connectivity index (χ1n) is 9.64. The van der Waals surface area contributed by atoms with E-state index in [0.717, 1.165) is 42.5 Å². The number of carbonyl (C=O) groups is 1. The van der Waals surface area contributed by atoms with E-state index < -0.39 is 11.7 Å². The van der Waals surface area contributed by atoms with E-state index in [1.165, 1.54) is 0 Å². The third-order valence-corrected chi connectivity index (χ3v) is 5.29. The van der Waals surface area contributed by atoms with E-state index in [1.807, 2.05) is 24.3 Å². The highest BCUT2D eigenvalue weighted by Crippen LogP contribution is 2.27. The smallest absolute Gasteiger partial charge is 0.252 e. The fourth-order valence-electron chi connectivity index (χ4n) is 3.69. The molecular formula is C21H23FN6O. The van der Waals surface area contributed by atoms with Gasteiger partial charge < -0.3 is 22.1 Å². The van der Waals surface area contributed by atoms with E-state index in [4.69, 9.17) is 11.5 Å². The molecule has 29 heavy (non-hydrogen) atoms. The zero-order valence-corrected chi connectivity index (χ0v) is 15.9. The third-order valence-electron chi connectivity index (χ3n) is 5.29. The molecule has 1 unspecified atom stereocenters. The largest absolute Gasteiger partial charge is 0.365 e. The highest BCUT2D eigenvalue weighted by molar-refractivity contribution is 5.99. The molecule has 0 spiro atoms. The Morgan fingerprint density at radius 3 is 2.72 bits per heavy atom. The summed E-state index contributed by atoms with van der Waals surface area (Å²) in [6, 6.07) is 8.53. The molecule has 1 fully saturated rings. The van der Waals surface area contributed by atoms with Crippen LogP contribution in [0.1, 0.15) is 36.0 Å². The van der Waals surface area contributed by atoms with Crippen molar-refractivity contribution >= 4 is 34.0 Å². The lowest BCUT2D eigenvalue weighted by molar-refractivity contribution is 0.100. The topological polar surface area (TPSA) is 119 Å². The maximum absolute atomic E-state index is 14.6. The van der Waals surface area contributed by atoms with Crippen molar-refractivity contribution in [3.8, 4) is 0 Å². The standard InChI is InChI=1S/C21H23FN6O/c22-16-10-15(19(24)29)20(28-21(16)27-18-4-2-1-3-17(18)23)26-14-6-5-12-7-8-25-11-13(12)9-14/h5-11,17-18H,1-4,23H2,(H2,24,29)(H2,26,27,28)/t17?,18-/m1/s1. The van der Waals surface area contributed by atoms with Crippen LogP contribution >= 0.6 is 0 Å². The van der Waals surface area contributed by atoms with Gasteiger partial charge in [0.05, 0.1) is 5.56 Å². The molecule has 0 saturated heterocycles. The molecule has 6 N–H and O–H groups in total. The van der Waals surface area contributed by atoms with Crippen molar-refractivity contribution in [1.82, 2.24) is 9.97 Å². The monoisotopic (exact) mass is 394 g/mol. The number of hydrogen-bond donors (Lipinski definition) is 4. The summed E-state index contributed by atoms with van der Waals surface area (Å²) < 4.78 is 14.6. The van der Waals surface area contributed by atoms with Crippen LogP contribution in [0.25, 0.3) is 10.8 Å². The van der Waals surface area contributed by atoms with Crippen LogP contribution in [0.4, 0.5) is 21.7 Å². The molecule has 2 heterocycles. The van der Waals surface area contributed by atoms with Gasteiger partial charge in [0.2, 0.25) is 0 Å². The van der Waals surface area contributed by atoms with E-state index in [-0.39, 0.29) is 29.3 Å². The van der Waals surface area contributed by atoms with Crippen molar-refractivity contribution in [3.05, 3.63) is 54.1 Å². The lowest BCUT2D eigenvalue weighted by atomic mass is 9.91. The van der Waals surface area contributed by atoms with Crippen LogP contribution < -0.4 is 22.1 Å². The van der Waals surface area contributed by atoms with E-state index >= 15 is 0 Å². The molecule has 1 amide bonds. The number of halogens is 1. The van der Waals surface area contributed by atoms with Crippen molar-refractivity contribution in [2.24, 2.45) is 11.5 Å². The van der Waals surface area contributed by atoms with Gasteiger partial charge in [-0.25, -0.2) is 9.37 Å².